The number of aliphatic hydroxyl groups excluding tert-OH is 1. The van der Waals surface area contributed by atoms with Crippen molar-refractivity contribution in [2.45, 2.75) is 58.2 Å². The van der Waals surface area contributed by atoms with Crippen LogP contribution in [0.3, 0.4) is 0 Å². The summed E-state index contributed by atoms with van der Waals surface area (Å²) >= 11 is 0. The molecule has 0 radical (unpaired) electrons. The molecule has 78 valence electrons. The van der Waals surface area contributed by atoms with Gasteiger partial charge in [-0.2, -0.15) is 0 Å². The van der Waals surface area contributed by atoms with Crippen molar-refractivity contribution in [2.24, 2.45) is 5.92 Å². The molecule has 1 saturated carbocycles. The molecule has 13 heavy (non-hydrogen) atoms. The van der Waals surface area contributed by atoms with E-state index in [1.165, 1.54) is 32.1 Å². The molecule has 0 spiro atoms. The summed E-state index contributed by atoms with van der Waals surface area (Å²) in [7, 11) is 0. The lowest BCUT2D eigenvalue weighted by molar-refractivity contribution is -0.0461. The minimum atomic E-state index is -0.320. The first-order valence-electron chi connectivity index (χ1n) is 5.53. The molecule has 1 aliphatic carbocycles. The molecule has 1 N–H and O–H groups in total. The second-order valence-electron chi connectivity index (χ2n) is 4.17. The van der Waals surface area contributed by atoms with Gasteiger partial charge >= 0.3 is 0 Å². The van der Waals surface area contributed by atoms with Crippen LogP contribution in [0.4, 0.5) is 0 Å². The fourth-order valence-corrected chi connectivity index (χ4v) is 2.12. The molecule has 1 fully saturated rings. The van der Waals surface area contributed by atoms with Crippen molar-refractivity contribution in [3.8, 4) is 0 Å². The highest BCUT2D eigenvalue weighted by molar-refractivity contribution is 4.75. The average Bonchev–Trinajstić information content (AvgIpc) is 2.15. The molecule has 2 nitrogen and oxygen atoms in total. The third-order valence-electron chi connectivity index (χ3n) is 2.92. The van der Waals surface area contributed by atoms with Crippen LogP contribution >= 0.6 is 0 Å². The monoisotopic (exact) mass is 186 g/mol. The van der Waals surface area contributed by atoms with Gasteiger partial charge in [0.2, 0.25) is 0 Å². The first-order chi connectivity index (χ1) is 6.24. The van der Waals surface area contributed by atoms with E-state index in [9.17, 15) is 0 Å². The van der Waals surface area contributed by atoms with E-state index in [1.54, 1.807) is 6.92 Å². The van der Waals surface area contributed by atoms with E-state index in [2.05, 4.69) is 6.92 Å². The molecular formula is C11H22O2. The van der Waals surface area contributed by atoms with Crippen LogP contribution < -0.4 is 0 Å². The third kappa shape index (κ3) is 3.65. The highest BCUT2D eigenvalue weighted by atomic mass is 16.5. The summed E-state index contributed by atoms with van der Waals surface area (Å²) in [6.45, 7) is 4.51. The summed E-state index contributed by atoms with van der Waals surface area (Å²) in [5.74, 6) is 0.729. The maximum atomic E-state index is 9.12. The van der Waals surface area contributed by atoms with E-state index < -0.39 is 0 Å². The molecule has 3 atom stereocenters. The first-order valence-corrected chi connectivity index (χ1v) is 5.53. The van der Waals surface area contributed by atoms with Gasteiger partial charge in [-0.15, -0.1) is 0 Å². The molecule has 0 aromatic carbocycles. The van der Waals surface area contributed by atoms with Gasteiger partial charge in [-0.25, -0.2) is 0 Å². The maximum absolute atomic E-state index is 9.12. The topological polar surface area (TPSA) is 29.5 Å². The summed E-state index contributed by atoms with van der Waals surface area (Å²) in [6.07, 6.45) is 6.44. The van der Waals surface area contributed by atoms with E-state index in [1.807, 2.05) is 0 Å². The summed E-state index contributed by atoms with van der Waals surface area (Å²) < 4.78 is 5.70. The van der Waals surface area contributed by atoms with Gasteiger partial charge in [-0.1, -0.05) is 26.2 Å². The van der Waals surface area contributed by atoms with Gasteiger partial charge < -0.3 is 9.84 Å². The molecule has 0 bridgehead atoms. The number of rotatable bonds is 4. The Morgan fingerprint density at radius 3 is 2.69 bits per heavy atom. The number of ether oxygens (including phenoxy) is 1. The lowest BCUT2D eigenvalue weighted by Crippen LogP contribution is -2.29. The van der Waals surface area contributed by atoms with Gasteiger partial charge in [0.15, 0.2) is 0 Å². The molecule has 0 heterocycles. The molecule has 0 amide bonds. The van der Waals surface area contributed by atoms with Crippen LogP contribution in [0, 0.1) is 5.92 Å². The van der Waals surface area contributed by atoms with Crippen LogP contribution in [0.25, 0.3) is 0 Å². The van der Waals surface area contributed by atoms with E-state index >= 15 is 0 Å². The minimum absolute atomic E-state index is 0.320. The SMILES string of the molecule is CCC1CCCCC1OCC(C)O. The van der Waals surface area contributed by atoms with Gasteiger partial charge in [0.1, 0.15) is 0 Å². The zero-order valence-electron chi connectivity index (χ0n) is 8.83. The van der Waals surface area contributed by atoms with Gasteiger partial charge in [-0.05, 0) is 25.7 Å². The smallest absolute Gasteiger partial charge is 0.0745 e. The van der Waals surface area contributed by atoms with Gasteiger partial charge in [-0.3, -0.25) is 0 Å². The van der Waals surface area contributed by atoms with Gasteiger partial charge in [0.05, 0.1) is 18.8 Å². The van der Waals surface area contributed by atoms with Crippen LogP contribution in [-0.2, 0) is 4.74 Å². The average molecular weight is 186 g/mol. The zero-order chi connectivity index (χ0) is 9.68. The summed E-state index contributed by atoms with van der Waals surface area (Å²) in [4.78, 5) is 0. The molecule has 1 aliphatic rings. The Bertz CT molecular complexity index is 134. The summed E-state index contributed by atoms with van der Waals surface area (Å²) in [5, 5.41) is 9.12. The van der Waals surface area contributed by atoms with E-state index in [0.29, 0.717) is 12.7 Å². The molecule has 2 heteroatoms. The van der Waals surface area contributed by atoms with Gasteiger partial charge in [0.25, 0.3) is 0 Å². The molecular weight excluding hydrogens is 164 g/mol. The molecule has 0 aliphatic heterocycles. The molecule has 1 rings (SSSR count). The lowest BCUT2D eigenvalue weighted by Gasteiger charge is -2.31. The second kappa shape index (κ2) is 5.61. The predicted molar refractivity (Wildman–Crippen MR) is 53.7 cm³/mol. The van der Waals surface area contributed by atoms with E-state index in [-0.39, 0.29) is 6.10 Å². The highest BCUT2D eigenvalue weighted by Gasteiger charge is 2.24. The fourth-order valence-electron chi connectivity index (χ4n) is 2.12. The maximum Gasteiger partial charge on any atom is 0.0745 e. The normalized spacial score (nSPS) is 31.6. The van der Waals surface area contributed by atoms with Crippen LogP contribution in [0.5, 0.6) is 0 Å². The standard InChI is InChI=1S/C11H22O2/c1-3-10-6-4-5-7-11(10)13-8-9(2)12/h9-12H,3-8H2,1-2H3. The fraction of sp³-hybridized carbons (Fsp3) is 1.00. The largest absolute Gasteiger partial charge is 0.391 e. The quantitative estimate of drug-likeness (QED) is 0.730. The minimum Gasteiger partial charge on any atom is -0.391 e. The molecule has 3 unspecified atom stereocenters. The molecule has 0 aromatic rings. The Kier molecular flexibility index (Phi) is 4.74. The van der Waals surface area contributed by atoms with Crippen molar-refractivity contribution >= 4 is 0 Å². The van der Waals surface area contributed by atoms with Crippen molar-refractivity contribution in [2.75, 3.05) is 6.61 Å². The van der Waals surface area contributed by atoms with Crippen molar-refractivity contribution in [3.05, 3.63) is 0 Å². The Hall–Kier alpha value is -0.0800. The number of aliphatic hydroxyl groups is 1. The first kappa shape index (κ1) is 11.0. The molecule has 0 aromatic heterocycles. The van der Waals surface area contributed by atoms with Crippen LogP contribution in [-0.4, -0.2) is 23.9 Å². The summed E-state index contributed by atoms with van der Waals surface area (Å²) in [6, 6.07) is 0. The van der Waals surface area contributed by atoms with Gasteiger partial charge in [0, 0.05) is 0 Å². The number of hydrogen-bond donors (Lipinski definition) is 1. The van der Waals surface area contributed by atoms with E-state index in [0.717, 1.165) is 5.92 Å². The second-order valence-corrected chi connectivity index (χ2v) is 4.17. The highest BCUT2D eigenvalue weighted by Crippen LogP contribution is 2.29. The van der Waals surface area contributed by atoms with Crippen molar-refractivity contribution in [1.29, 1.82) is 0 Å². The van der Waals surface area contributed by atoms with Crippen LogP contribution in [0.2, 0.25) is 0 Å². The number of hydrogen-bond acceptors (Lipinski definition) is 2. The Labute approximate surface area is 81.3 Å². The molecule has 0 saturated heterocycles. The Morgan fingerprint density at radius 1 is 1.38 bits per heavy atom. The van der Waals surface area contributed by atoms with E-state index in [4.69, 9.17) is 9.84 Å². The Morgan fingerprint density at radius 2 is 2.08 bits per heavy atom. The Balaban J connectivity index is 2.27. The van der Waals surface area contributed by atoms with Crippen LogP contribution in [0.15, 0.2) is 0 Å². The van der Waals surface area contributed by atoms with Crippen molar-refractivity contribution in [3.63, 3.8) is 0 Å². The summed E-state index contributed by atoms with van der Waals surface area (Å²) in [5.41, 5.74) is 0. The van der Waals surface area contributed by atoms with Crippen molar-refractivity contribution < 1.29 is 9.84 Å². The van der Waals surface area contributed by atoms with Crippen LogP contribution in [0.1, 0.15) is 46.0 Å². The third-order valence-corrected chi connectivity index (χ3v) is 2.92. The van der Waals surface area contributed by atoms with Crippen molar-refractivity contribution in [1.82, 2.24) is 0 Å². The lowest BCUT2D eigenvalue weighted by atomic mass is 9.85. The zero-order valence-corrected chi connectivity index (χ0v) is 8.83. The predicted octanol–water partition coefficient (Wildman–Crippen LogP) is 2.35.